The first kappa shape index (κ1) is 26.8. The topological polar surface area (TPSA) is 59.1 Å². The number of allylic oxidation sites excluding steroid dienone is 1. The number of unbranched alkanes of at least 4 members (excludes halogenated alkanes) is 4. The van der Waals surface area contributed by atoms with E-state index in [0.717, 1.165) is 19.3 Å². The second-order valence-corrected chi connectivity index (χ2v) is 9.48. The van der Waals surface area contributed by atoms with E-state index in [1.165, 1.54) is 32.1 Å². The van der Waals surface area contributed by atoms with Crippen molar-refractivity contribution in [2.45, 2.75) is 95.9 Å². The predicted molar refractivity (Wildman–Crippen MR) is 130 cm³/mol. The molecule has 0 N–H and O–H groups in total. The van der Waals surface area contributed by atoms with Gasteiger partial charge in [0.15, 0.2) is 11.4 Å². The molecule has 2 rings (SSSR count). The molecular formula is C26H40ClNO4. The average molecular weight is 466 g/mol. The zero-order valence-corrected chi connectivity index (χ0v) is 21.0. The van der Waals surface area contributed by atoms with E-state index in [1.807, 2.05) is 6.08 Å². The van der Waals surface area contributed by atoms with Crippen molar-refractivity contribution in [2.75, 3.05) is 20.7 Å². The molecule has 1 fully saturated rings. The molecule has 0 aromatic carbocycles. The number of rotatable bonds is 15. The fourth-order valence-corrected chi connectivity index (χ4v) is 4.51. The molecule has 0 spiro atoms. The van der Waals surface area contributed by atoms with Crippen molar-refractivity contribution >= 4 is 23.3 Å². The number of nitrogens with zero attached hydrogens (tertiary/aromatic N) is 1. The van der Waals surface area contributed by atoms with Crippen LogP contribution in [0.2, 0.25) is 0 Å². The predicted octanol–water partition coefficient (Wildman–Crippen LogP) is 5.73. The van der Waals surface area contributed by atoms with Gasteiger partial charge >= 0.3 is 0 Å². The van der Waals surface area contributed by atoms with Crippen molar-refractivity contribution in [3.8, 4) is 0 Å². The van der Waals surface area contributed by atoms with Crippen LogP contribution in [0.4, 0.5) is 0 Å². The number of ether oxygens (including phenoxy) is 2. The van der Waals surface area contributed by atoms with Gasteiger partial charge in [-0.15, -0.1) is 0 Å². The van der Waals surface area contributed by atoms with Gasteiger partial charge in [0, 0.05) is 25.6 Å². The Morgan fingerprint density at radius 3 is 2.81 bits per heavy atom. The van der Waals surface area contributed by atoms with Gasteiger partial charge in [-0.3, -0.25) is 9.59 Å². The molecule has 0 aromatic rings. The van der Waals surface area contributed by atoms with Gasteiger partial charge in [-0.1, -0.05) is 68.9 Å². The summed E-state index contributed by atoms with van der Waals surface area (Å²) in [6.45, 7) is 4.31. The molecule has 1 aliphatic heterocycles. The van der Waals surface area contributed by atoms with Crippen molar-refractivity contribution in [3.63, 3.8) is 0 Å². The van der Waals surface area contributed by atoms with Gasteiger partial charge < -0.3 is 14.4 Å². The normalized spacial score (nSPS) is 23.8. The van der Waals surface area contributed by atoms with Crippen molar-refractivity contribution in [1.29, 1.82) is 0 Å². The highest BCUT2D eigenvalue weighted by Gasteiger charge is 2.62. The number of halogens is 1. The molecule has 6 heteroatoms. The summed E-state index contributed by atoms with van der Waals surface area (Å²) in [5, 5.41) is 0.462. The van der Waals surface area contributed by atoms with Gasteiger partial charge in [-0.25, -0.2) is 0 Å². The highest BCUT2D eigenvalue weighted by molar-refractivity contribution is 6.30. The number of epoxide rings is 1. The number of carbonyl (C=O) groups excluding carboxylic acids is 2. The number of hydrogen-bond donors (Lipinski definition) is 0. The first-order chi connectivity index (χ1) is 15.3. The maximum atomic E-state index is 12.4. The van der Waals surface area contributed by atoms with Crippen LogP contribution in [0.3, 0.4) is 0 Å². The Hall–Kier alpha value is -1.43. The Morgan fingerprint density at radius 1 is 1.34 bits per heavy atom. The molecule has 1 heterocycles. The number of fused-ring (bicyclic) bond motifs is 1. The van der Waals surface area contributed by atoms with Crippen LogP contribution in [0, 0.1) is 0 Å². The molecule has 32 heavy (non-hydrogen) atoms. The summed E-state index contributed by atoms with van der Waals surface area (Å²) in [4.78, 5) is 26.5. The van der Waals surface area contributed by atoms with Crippen LogP contribution >= 0.6 is 11.6 Å². The number of Topliss-reactive ketones (excluding diaryl/α,β-unsaturated/α-hetero) is 1. The second-order valence-electron chi connectivity index (χ2n) is 9.00. The maximum Gasteiger partial charge on any atom is 0.222 e. The molecule has 1 aliphatic carbocycles. The van der Waals surface area contributed by atoms with E-state index in [2.05, 4.69) is 19.1 Å². The summed E-state index contributed by atoms with van der Waals surface area (Å²) in [6.07, 6.45) is 18.1. The van der Waals surface area contributed by atoms with Gasteiger partial charge in [-0.2, -0.15) is 0 Å². The average Bonchev–Trinajstić information content (AvgIpc) is 3.48. The van der Waals surface area contributed by atoms with E-state index in [9.17, 15) is 9.59 Å². The van der Waals surface area contributed by atoms with Crippen molar-refractivity contribution in [1.82, 2.24) is 4.90 Å². The van der Waals surface area contributed by atoms with Crippen molar-refractivity contribution in [3.05, 3.63) is 34.9 Å². The lowest BCUT2D eigenvalue weighted by atomic mass is 9.87. The minimum absolute atomic E-state index is 0.0252. The monoisotopic (exact) mass is 465 g/mol. The number of carbonyl (C=O) groups is 2. The third-order valence-electron chi connectivity index (χ3n) is 6.35. The minimum atomic E-state index is -0.906. The number of hydrogen-bond acceptors (Lipinski definition) is 4. The van der Waals surface area contributed by atoms with E-state index in [1.54, 1.807) is 32.1 Å². The Balaban J connectivity index is 1.67. The van der Waals surface area contributed by atoms with Crippen LogP contribution in [0.15, 0.2) is 34.9 Å². The summed E-state index contributed by atoms with van der Waals surface area (Å²) in [5.41, 5.74) is -0.195. The van der Waals surface area contributed by atoms with Crippen LogP contribution in [-0.4, -0.2) is 55.1 Å². The number of methoxy groups -OCH3 is 1. The Bertz CT molecular complexity index is 729. The number of ketones is 1. The largest absolute Gasteiger partial charge is 0.381 e. The molecule has 3 atom stereocenters. The van der Waals surface area contributed by atoms with Crippen LogP contribution in [0.25, 0.3) is 0 Å². The maximum absolute atomic E-state index is 12.4. The van der Waals surface area contributed by atoms with Crippen LogP contribution in [0.1, 0.15) is 78.1 Å². The highest BCUT2D eigenvalue weighted by atomic mass is 35.5. The molecule has 0 radical (unpaired) electrons. The summed E-state index contributed by atoms with van der Waals surface area (Å²) in [5.74, 6) is -0.00133. The van der Waals surface area contributed by atoms with Gasteiger partial charge in [0.25, 0.3) is 0 Å². The summed E-state index contributed by atoms with van der Waals surface area (Å²) in [7, 11) is 3.51. The lowest BCUT2D eigenvalue weighted by Gasteiger charge is -2.18. The minimum Gasteiger partial charge on any atom is -0.381 e. The summed E-state index contributed by atoms with van der Waals surface area (Å²) >= 11 is 6.37. The molecule has 180 valence electrons. The number of likely N-dealkylation sites (N-methyl/N-ethyl adjacent to an activating group) is 1. The zero-order chi connectivity index (χ0) is 23.6. The quantitative estimate of drug-likeness (QED) is 0.176. The molecule has 1 saturated heterocycles. The first-order valence-electron chi connectivity index (χ1n) is 12.0. The summed E-state index contributed by atoms with van der Waals surface area (Å²) < 4.78 is 11.2. The van der Waals surface area contributed by atoms with Gasteiger partial charge in [0.2, 0.25) is 5.91 Å². The molecule has 0 aromatic heterocycles. The smallest absolute Gasteiger partial charge is 0.222 e. The van der Waals surface area contributed by atoms with Gasteiger partial charge in [-0.05, 0) is 44.3 Å². The van der Waals surface area contributed by atoms with Crippen LogP contribution < -0.4 is 0 Å². The first-order valence-corrected chi connectivity index (χ1v) is 12.4. The Kier molecular flexibility index (Phi) is 11.2. The molecule has 1 amide bonds. The molecule has 3 unspecified atom stereocenters. The molecule has 2 aliphatic rings. The lowest BCUT2D eigenvalue weighted by molar-refractivity contribution is -0.129. The van der Waals surface area contributed by atoms with E-state index < -0.39 is 5.60 Å². The van der Waals surface area contributed by atoms with Gasteiger partial charge in [0.1, 0.15) is 6.10 Å². The fourth-order valence-electron chi connectivity index (χ4n) is 4.17. The third kappa shape index (κ3) is 7.86. The summed E-state index contributed by atoms with van der Waals surface area (Å²) in [6, 6.07) is 0. The standard InChI is InChI=1S/C26H40ClNO4/c1-5-6-7-8-10-13-22(31-4)14-11-9-12-15-24(29)28(3)19-21(27)18-26-23(32-26)17-16-20(2)25(26)30/h9,11,16,18,22-23H,5-8,10,12-15,17,19H2,1-4H3. The second kappa shape index (κ2) is 13.3. The zero-order valence-electron chi connectivity index (χ0n) is 20.2. The van der Waals surface area contributed by atoms with Crippen molar-refractivity contribution in [2.24, 2.45) is 0 Å². The molecule has 0 saturated carbocycles. The SMILES string of the molecule is CCCCCCCC(CC=CCCC(=O)N(C)CC(Cl)=CC12OC1CC=C(C)C2=O)OC. The number of amides is 1. The van der Waals surface area contributed by atoms with Crippen LogP contribution in [-0.2, 0) is 19.1 Å². The fraction of sp³-hybridized carbons (Fsp3) is 0.692. The highest BCUT2D eigenvalue weighted by Crippen LogP contribution is 2.47. The lowest BCUT2D eigenvalue weighted by Crippen LogP contribution is -2.31. The van der Waals surface area contributed by atoms with Gasteiger partial charge in [0.05, 0.1) is 12.6 Å². The Morgan fingerprint density at radius 2 is 2.09 bits per heavy atom. The van der Waals surface area contributed by atoms with E-state index in [0.29, 0.717) is 23.4 Å². The van der Waals surface area contributed by atoms with Crippen LogP contribution in [0.5, 0.6) is 0 Å². The van der Waals surface area contributed by atoms with E-state index >= 15 is 0 Å². The molecular weight excluding hydrogens is 426 g/mol. The third-order valence-corrected chi connectivity index (χ3v) is 6.58. The molecule has 0 bridgehead atoms. The van der Waals surface area contributed by atoms with E-state index in [-0.39, 0.29) is 30.4 Å². The van der Waals surface area contributed by atoms with Crippen molar-refractivity contribution < 1.29 is 19.1 Å². The Labute approximate surface area is 198 Å². The van der Waals surface area contributed by atoms with E-state index in [4.69, 9.17) is 21.1 Å². The molecule has 5 nitrogen and oxygen atoms in total.